The minimum absolute atomic E-state index is 0. The van der Waals surface area contributed by atoms with Crippen molar-refractivity contribution < 1.29 is 18.3 Å². The van der Waals surface area contributed by atoms with Gasteiger partial charge in [-0.05, 0) is 18.2 Å². The van der Waals surface area contributed by atoms with E-state index in [0.29, 0.717) is 29.7 Å². The molecular weight excluding hydrogens is 460 g/mol. The minimum Gasteiger partial charge on any atom is -0.493 e. The number of aromatic hydroxyl groups is 1. The Kier molecular flexibility index (Phi) is 10.8. The Bertz CT molecular complexity index is 818. The van der Waals surface area contributed by atoms with Crippen LogP contribution in [-0.4, -0.2) is 58.5 Å². The van der Waals surface area contributed by atoms with Crippen LogP contribution >= 0.6 is 36.6 Å². The second-order valence-electron chi connectivity index (χ2n) is 6.32. The first-order chi connectivity index (χ1) is 13.4. The van der Waals surface area contributed by atoms with Crippen LogP contribution in [0.3, 0.4) is 0 Å². The average molecular weight is 483 g/mol. The standard InChI is InChI=1S/C19H21F3N4OS.2ClH/c20-19(21,22)15-4-3-5-16(14-15)26-11-9-25(10-12-26)8-1-2-13-28-18-23-7-6-17(27)24-18;;/h1-7,14H,8-13H2,(H,23,24,27);2*1H. The number of hydrogen-bond donors (Lipinski definition) is 1. The summed E-state index contributed by atoms with van der Waals surface area (Å²) in [5.74, 6) is 0.660. The van der Waals surface area contributed by atoms with Crippen LogP contribution in [0.4, 0.5) is 18.9 Å². The maximum absolute atomic E-state index is 12.9. The van der Waals surface area contributed by atoms with E-state index in [9.17, 15) is 18.3 Å². The Labute approximate surface area is 190 Å². The van der Waals surface area contributed by atoms with Crippen molar-refractivity contribution in [3.8, 4) is 5.88 Å². The Balaban J connectivity index is 0.00000225. The van der Waals surface area contributed by atoms with Gasteiger partial charge < -0.3 is 10.0 Å². The summed E-state index contributed by atoms with van der Waals surface area (Å²) in [7, 11) is 0. The van der Waals surface area contributed by atoms with Crippen molar-refractivity contribution in [2.75, 3.05) is 43.4 Å². The zero-order chi connectivity index (χ0) is 20.0. The predicted octanol–water partition coefficient (Wildman–Crippen LogP) is 4.52. The average Bonchev–Trinajstić information content (AvgIpc) is 2.68. The first-order valence-electron chi connectivity index (χ1n) is 8.86. The van der Waals surface area contributed by atoms with Crippen molar-refractivity contribution >= 4 is 42.3 Å². The van der Waals surface area contributed by atoms with Crippen molar-refractivity contribution in [1.82, 2.24) is 14.9 Å². The van der Waals surface area contributed by atoms with Crippen molar-refractivity contribution in [2.45, 2.75) is 11.3 Å². The SMILES string of the molecule is Cl.Cl.Oc1ccnc(SCC=CCN2CCN(c3cccc(C(F)(F)F)c3)CC2)n1. The molecule has 1 aliphatic rings. The number of halogens is 5. The lowest BCUT2D eigenvalue weighted by Crippen LogP contribution is -2.46. The molecule has 1 aromatic heterocycles. The van der Waals surface area contributed by atoms with Crippen LogP contribution in [0.2, 0.25) is 0 Å². The number of thioether (sulfide) groups is 1. The van der Waals surface area contributed by atoms with E-state index in [2.05, 4.69) is 20.9 Å². The largest absolute Gasteiger partial charge is 0.493 e. The van der Waals surface area contributed by atoms with Gasteiger partial charge in [0, 0.05) is 56.4 Å². The van der Waals surface area contributed by atoms with Gasteiger partial charge >= 0.3 is 6.18 Å². The van der Waals surface area contributed by atoms with Gasteiger partial charge in [-0.3, -0.25) is 4.90 Å². The van der Waals surface area contributed by atoms with E-state index in [-0.39, 0.29) is 30.7 Å². The van der Waals surface area contributed by atoms with Gasteiger partial charge in [-0.25, -0.2) is 4.98 Å². The van der Waals surface area contributed by atoms with Crippen LogP contribution in [0, 0.1) is 0 Å². The van der Waals surface area contributed by atoms with Gasteiger partial charge in [-0.2, -0.15) is 18.2 Å². The molecule has 0 aliphatic carbocycles. The van der Waals surface area contributed by atoms with Crippen molar-refractivity contribution in [3.63, 3.8) is 0 Å². The summed E-state index contributed by atoms with van der Waals surface area (Å²) in [6.45, 7) is 3.77. The fourth-order valence-corrected chi connectivity index (χ4v) is 3.56. The topological polar surface area (TPSA) is 52.5 Å². The second kappa shape index (κ2) is 12.2. The molecule has 30 heavy (non-hydrogen) atoms. The van der Waals surface area contributed by atoms with E-state index in [0.717, 1.165) is 25.7 Å². The molecular formula is C19H23Cl2F3N4OS. The van der Waals surface area contributed by atoms with Crippen LogP contribution in [0.15, 0.2) is 53.8 Å². The maximum Gasteiger partial charge on any atom is 0.416 e. The lowest BCUT2D eigenvalue weighted by molar-refractivity contribution is -0.137. The van der Waals surface area contributed by atoms with Crippen LogP contribution in [0.25, 0.3) is 0 Å². The molecule has 2 aromatic rings. The van der Waals surface area contributed by atoms with Crippen molar-refractivity contribution in [3.05, 3.63) is 54.2 Å². The fourth-order valence-electron chi connectivity index (χ4n) is 2.88. The molecule has 0 amide bonds. The molecule has 0 radical (unpaired) electrons. The molecule has 1 aromatic carbocycles. The minimum atomic E-state index is -4.32. The summed E-state index contributed by atoms with van der Waals surface area (Å²) >= 11 is 1.43. The lowest BCUT2D eigenvalue weighted by atomic mass is 10.1. The Morgan fingerprint density at radius 1 is 1.07 bits per heavy atom. The molecule has 11 heteroatoms. The number of hydrogen-bond acceptors (Lipinski definition) is 6. The van der Waals surface area contributed by atoms with E-state index in [1.54, 1.807) is 6.07 Å². The number of nitrogens with zero attached hydrogens (tertiary/aromatic N) is 4. The van der Waals surface area contributed by atoms with Gasteiger partial charge in [0.15, 0.2) is 5.16 Å². The third-order valence-corrected chi connectivity index (χ3v) is 5.18. The van der Waals surface area contributed by atoms with Crippen molar-refractivity contribution in [2.24, 2.45) is 0 Å². The molecule has 1 aliphatic heterocycles. The molecule has 0 saturated carbocycles. The van der Waals surface area contributed by atoms with Gasteiger partial charge in [-0.1, -0.05) is 30.0 Å². The molecule has 5 nitrogen and oxygen atoms in total. The lowest BCUT2D eigenvalue weighted by Gasteiger charge is -2.35. The zero-order valence-corrected chi connectivity index (χ0v) is 18.4. The normalized spacial score (nSPS) is 15.0. The summed E-state index contributed by atoms with van der Waals surface area (Å²) in [4.78, 5) is 12.2. The Hall–Kier alpha value is -1.68. The van der Waals surface area contributed by atoms with Crippen LogP contribution in [-0.2, 0) is 6.18 Å². The summed E-state index contributed by atoms with van der Waals surface area (Å²) in [5, 5.41) is 9.82. The van der Waals surface area contributed by atoms with E-state index >= 15 is 0 Å². The van der Waals surface area contributed by atoms with Gasteiger partial charge in [0.25, 0.3) is 0 Å². The van der Waals surface area contributed by atoms with Gasteiger partial charge in [-0.15, -0.1) is 24.8 Å². The summed E-state index contributed by atoms with van der Waals surface area (Å²) < 4.78 is 38.6. The monoisotopic (exact) mass is 482 g/mol. The Morgan fingerprint density at radius 2 is 1.80 bits per heavy atom. The summed E-state index contributed by atoms with van der Waals surface area (Å²) in [6, 6.07) is 6.94. The van der Waals surface area contributed by atoms with E-state index in [4.69, 9.17) is 0 Å². The first kappa shape index (κ1) is 26.4. The van der Waals surface area contributed by atoms with Crippen molar-refractivity contribution in [1.29, 1.82) is 0 Å². The molecule has 3 rings (SSSR count). The first-order valence-corrected chi connectivity index (χ1v) is 9.85. The molecule has 1 N–H and O–H groups in total. The van der Waals surface area contributed by atoms with Crippen LogP contribution in [0.5, 0.6) is 5.88 Å². The molecule has 0 unspecified atom stereocenters. The molecule has 0 atom stereocenters. The Morgan fingerprint density at radius 3 is 2.47 bits per heavy atom. The molecule has 2 heterocycles. The second-order valence-corrected chi connectivity index (χ2v) is 7.30. The third-order valence-electron chi connectivity index (χ3n) is 4.37. The van der Waals surface area contributed by atoms with Gasteiger partial charge in [0.1, 0.15) is 0 Å². The molecule has 0 bridgehead atoms. The highest BCUT2D eigenvalue weighted by Crippen LogP contribution is 2.31. The highest BCUT2D eigenvalue weighted by molar-refractivity contribution is 7.99. The highest BCUT2D eigenvalue weighted by atomic mass is 35.5. The number of alkyl halides is 3. The van der Waals surface area contributed by atoms with E-state index in [1.165, 1.54) is 36.2 Å². The van der Waals surface area contributed by atoms with Crippen LogP contribution in [0.1, 0.15) is 5.56 Å². The highest BCUT2D eigenvalue weighted by Gasteiger charge is 2.31. The number of piperazine rings is 1. The van der Waals surface area contributed by atoms with Gasteiger partial charge in [0.2, 0.25) is 5.88 Å². The molecule has 0 spiro atoms. The smallest absolute Gasteiger partial charge is 0.416 e. The molecule has 1 fully saturated rings. The predicted molar refractivity (Wildman–Crippen MR) is 118 cm³/mol. The van der Waals surface area contributed by atoms with Crippen LogP contribution < -0.4 is 4.90 Å². The molecule has 166 valence electrons. The number of benzene rings is 1. The zero-order valence-electron chi connectivity index (χ0n) is 16.0. The summed E-state index contributed by atoms with van der Waals surface area (Å²) in [6.07, 6.45) is 1.29. The maximum atomic E-state index is 12.9. The van der Waals surface area contributed by atoms with Gasteiger partial charge in [0.05, 0.1) is 5.56 Å². The third kappa shape index (κ3) is 7.86. The number of aromatic nitrogens is 2. The van der Waals surface area contributed by atoms with E-state index < -0.39 is 11.7 Å². The fraction of sp³-hybridized carbons (Fsp3) is 0.368. The number of anilines is 1. The summed E-state index contributed by atoms with van der Waals surface area (Å²) in [5.41, 5.74) is 0.0103. The van der Waals surface area contributed by atoms with E-state index in [1.807, 2.05) is 11.0 Å². The quantitative estimate of drug-likeness (QED) is 0.371. The number of rotatable bonds is 6. The molecule has 1 saturated heterocycles.